The van der Waals surface area contributed by atoms with E-state index in [1.54, 1.807) is 49.7 Å². The van der Waals surface area contributed by atoms with Gasteiger partial charge in [0.2, 0.25) is 0 Å². The number of nitrogens with zero attached hydrogens (tertiary/aromatic N) is 3. The zero-order valence-electron chi connectivity index (χ0n) is 21.9. The fraction of sp³-hybridized carbons (Fsp3) is 0.267. The van der Waals surface area contributed by atoms with E-state index < -0.39 is 10.0 Å². The Labute approximate surface area is 229 Å². The average molecular weight is 545 g/mol. The van der Waals surface area contributed by atoms with E-state index in [1.165, 1.54) is 6.07 Å². The van der Waals surface area contributed by atoms with Crippen molar-refractivity contribution < 1.29 is 17.9 Å². The van der Waals surface area contributed by atoms with E-state index in [-0.39, 0.29) is 10.8 Å². The molecule has 4 aromatic rings. The Balaban J connectivity index is 1.24. The number of ether oxygens (including phenoxy) is 1. The number of para-hydroxylation sites is 2. The van der Waals surface area contributed by atoms with Gasteiger partial charge in [0, 0.05) is 54.6 Å². The third-order valence-corrected chi connectivity index (χ3v) is 8.39. The molecule has 0 aliphatic carbocycles. The lowest BCUT2D eigenvalue weighted by molar-refractivity contribution is 0.0706. The van der Waals surface area contributed by atoms with Crippen molar-refractivity contribution in [1.29, 1.82) is 0 Å². The third kappa shape index (κ3) is 6.21. The fourth-order valence-corrected chi connectivity index (χ4v) is 6.17. The van der Waals surface area contributed by atoms with Crippen molar-refractivity contribution >= 4 is 32.5 Å². The normalized spacial score (nSPS) is 14.9. The van der Waals surface area contributed by atoms with Gasteiger partial charge in [0.15, 0.2) is 0 Å². The maximum Gasteiger partial charge on any atom is 0.264 e. The second-order valence-corrected chi connectivity index (χ2v) is 11.3. The van der Waals surface area contributed by atoms with E-state index in [0.717, 1.165) is 49.2 Å². The molecule has 1 fully saturated rings. The molecular formula is C30H32N4O4S. The predicted octanol–water partition coefficient (Wildman–Crippen LogP) is 4.78. The first-order valence-electron chi connectivity index (χ1n) is 13.0. The molecule has 39 heavy (non-hydrogen) atoms. The van der Waals surface area contributed by atoms with Crippen LogP contribution >= 0.6 is 0 Å². The van der Waals surface area contributed by atoms with Gasteiger partial charge in [-0.15, -0.1) is 0 Å². The molecule has 202 valence electrons. The summed E-state index contributed by atoms with van der Waals surface area (Å²) >= 11 is 0. The van der Waals surface area contributed by atoms with Crippen LogP contribution in [0.5, 0.6) is 5.75 Å². The van der Waals surface area contributed by atoms with Crippen molar-refractivity contribution in [2.24, 2.45) is 0 Å². The minimum atomic E-state index is -3.86. The number of carbonyl (C=O) groups is 1. The minimum Gasteiger partial charge on any atom is -0.496 e. The number of nitrogens with one attached hydrogen (secondary N) is 1. The fourth-order valence-electron chi connectivity index (χ4n) is 4.93. The predicted molar refractivity (Wildman–Crippen MR) is 152 cm³/mol. The summed E-state index contributed by atoms with van der Waals surface area (Å²) in [7, 11) is -2.18. The molecule has 0 atom stereocenters. The number of benzene rings is 3. The Morgan fingerprint density at radius 1 is 0.897 bits per heavy atom. The SMILES string of the molecule is COc1ccccc1CN1CCCCN(C(=O)c2ccc(NS(=O)(=O)c3cccc4cccnc34)cc2)CC1. The molecule has 0 radical (unpaired) electrons. The van der Waals surface area contributed by atoms with Gasteiger partial charge in [0.1, 0.15) is 10.6 Å². The van der Waals surface area contributed by atoms with Crippen LogP contribution in [-0.4, -0.2) is 62.4 Å². The summed E-state index contributed by atoms with van der Waals surface area (Å²) in [6.07, 6.45) is 3.50. The van der Waals surface area contributed by atoms with Gasteiger partial charge in [0.05, 0.1) is 12.6 Å². The van der Waals surface area contributed by atoms with Gasteiger partial charge in [-0.05, 0) is 61.9 Å². The van der Waals surface area contributed by atoms with Crippen LogP contribution in [0.15, 0.2) is 90.0 Å². The second-order valence-electron chi connectivity index (χ2n) is 9.60. The quantitative estimate of drug-likeness (QED) is 0.360. The van der Waals surface area contributed by atoms with Crippen LogP contribution in [0.2, 0.25) is 0 Å². The van der Waals surface area contributed by atoms with E-state index in [0.29, 0.717) is 29.9 Å². The number of anilines is 1. The number of carbonyl (C=O) groups excluding carboxylic acids is 1. The highest BCUT2D eigenvalue weighted by molar-refractivity contribution is 7.93. The van der Waals surface area contributed by atoms with Crippen LogP contribution < -0.4 is 9.46 Å². The average Bonchev–Trinajstić information content (AvgIpc) is 2.94. The Hall–Kier alpha value is -3.95. The van der Waals surface area contributed by atoms with Crippen LogP contribution in [0.3, 0.4) is 0 Å². The van der Waals surface area contributed by atoms with Gasteiger partial charge < -0.3 is 9.64 Å². The van der Waals surface area contributed by atoms with Crippen LogP contribution in [0.25, 0.3) is 10.9 Å². The monoisotopic (exact) mass is 544 g/mol. The maximum atomic E-state index is 13.3. The smallest absolute Gasteiger partial charge is 0.264 e. The van der Waals surface area contributed by atoms with E-state index >= 15 is 0 Å². The summed E-state index contributed by atoms with van der Waals surface area (Å²) in [5, 5.41) is 0.746. The molecule has 1 N–H and O–H groups in total. The number of pyridine rings is 1. The first-order valence-corrected chi connectivity index (χ1v) is 14.5. The molecular weight excluding hydrogens is 512 g/mol. The van der Waals surface area contributed by atoms with Crippen LogP contribution in [0.1, 0.15) is 28.8 Å². The van der Waals surface area contributed by atoms with Crippen LogP contribution in [0.4, 0.5) is 5.69 Å². The van der Waals surface area contributed by atoms with Crippen LogP contribution in [0, 0.1) is 0 Å². The van der Waals surface area contributed by atoms with Crippen molar-refractivity contribution in [1.82, 2.24) is 14.8 Å². The van der Waals surface area contributed by atoms with E-state index in [9.17, 15) is 13.2 Å². The van der Waals surface area contributed by atoms with Gasteiger partial charge in [-0.3, -0.25) is 19.4 Å². The van der Waals surface area contributed by atoms with E-state index in [2.05, 4.69) is 20.7 Å². The molecule has 2 heterocycles. The molecule has 1 aliphatic rings. The Morgan fingerprint density at radius 3 is 2.49 bits per heavy atom. The maximum absolute atomic E-state index is 13.3. The molecule has 5 rings (SSSR count). The first kappa shape index (κ1) is 26.6. The minimum absolute atomic E-state index is 0.0539. The van der Waals surface area contributed by atoms with Crippen molar-refractivity contribution in [2.45, 2.75) is 24.3 Å². The van der Waals surface area contributed by atoms with Crippen molar-refractivity contribution in [3.8, 4) is 5.75 Å². The standard InChI is InChI=1S/C30H32N4O4S/c1-38-27-11-3-2-8-25(27)22-33-18-4-5-19-34(21-20-33)30(35)24-13-15-26(16-14-24)32-39(36,37)28-12-6-9-23-10-7-17-31-29(23)28/h2-3,6-17,32H,4-5,18-22H2,1H3. The van der Waals surface area contributed by atoms with Gasteiger partial charge in [-0.1, -0.05) is 36.4 Å². The summed E-state index contributed by atoms with van der Waals surface area (Å²) < 4.78 is 34.4. The number of hydrogen-bond donors (Lipinski definition) is 1. The number of hydrogen-bond acceptors (Lipinski definition) is 6. The van der Waals surface area contributed by atoms with Crippen LogP contribution in [-0.2, 0) is 16.6 Å². The molecule has 1 amide bonds. The Morgan fingerprint density at radius 2 is 1.67 bits per heavy atom. The highest BCUT2D eigenvalue weighted by atomic mass is 32.2. The summed E-state index contributed by atoms with van der Waals surface area (Å²) in [6, 6.07) is 23.3. The van der Waals surface area contributed by atoms with E-state index in [1.807, 2.05) is 35.2 Å². The molecule has 0 unspecified atom stereocenters. The molecule has 0 bridgehead atoms. The molecule has 1 saturated heterocycles. The zero-order chi connectivity index (χ0) is 27.2. The molecule has 1 aromatic heterocycles. The number of fused-ring (bicyclic) bond motifs is 1. The number of aromatic nitrogens is 1. The number of sulfonamides is 1. The third-order valence-electron chi connectivity index (χ3n) is 6.98. The zero-order valence-corrected chi connectivity index (χ0v) is 22.7. The van der Waals surface area contributed by atoms with Gasteiger partial charge >= 0.3 is 0 Å². The highest BCUT2D eigenvalue weighted by Crippen LogP contribution is 2.24. The van der Waals surface area contributed by atoms with Crippen molar-refractivity contribution in [3.63, 3.8) is 0 Å². The molecule has 8 nitrogen and oxygen atoms in total. The number of amides is 1. The van der Waals surface area contributed by atoms with E-state index in [4.69, 9.17) is 4.74 Å². The molecule has 0 saturated carbocycles. The summed E-state index contributed by atoms with van der Waals surface area (Å²) in [5.41, 5.74) is 2.46. The molecule has 9 heteroatoms. The van der Waals surface area contributed by atoms with Crippen molar-refractivity contribution in [3.05, 3.63) is 96.2 Å². The topological polar surface area (TPSA) is 91.8 Å². The molecule has 1 aliphatic heterocycles. The van der Waals surface area contributed by atoms with Crippen molar-refractivity contribution in [2.75, 3.05) is 38.0 Å². The first-order chi connectivity index (χ1) is 18.9. The number of rotatable bonds is 7. The Kier molecular flexibility index (Phi) is 8.09. The summed E-state index contributed by atoms with van der Waals surface area (Å²) in [5.74, 6) is 0.821. The highest BCUT2D eigenvalue weighted by Gasteiger charge is 2.21. The Bertz CT molecular complexity index is 1550. The lowest BCUT2D eigenvalue weighted by Crippen LogP contribution is -2.41. The lowest BCUT2D eigenvalue weighted by atomic mass is 10.1. The second kappa shape index (κ2) is 11.8. The van der Waals surface area contributed by atoms with Gasteiger partial charge in [-0.25, -0.2) is 8.42 Å². The van der Waals surface area contributed by atoms with Gasteiger partial charge in [0.25, 0.3) is 15.9 Å². The summed E-state index contributed by atoms with van der Waals surface area (Å²) in [4.78, 5) is 21.9. The molecule has 3 aromatic carbocycles. The lowest BCUT2D eigenvalue weighted by Gasteiger charge is -2.31. The number of methoxy groups -OCH3 is 1. The largest absolute Gasteiger partial charge is 0.496 e. The summed E-state index contributed by atoms with van der Waals surface area (Å²) in [6.45, 7) is 3.83. The molecule has 0 spiro atoms. The van der Waals surface area contributed by atoms with Gasteiger partial charge in [-0.2, -0.15) is 0 Å².